The van der Waals surface area contributed by atoms with Gasteiger partial charge in [-0.3, -0.25) is 14.9 Å². The van der Waals surface area contributed by atoms with Crippen LogP contribution in [0.25, 0.3) is 6.08 Å². The standard InChI is InChI=1S/C17H14BrNO4/c18-11-15(20)8-6-13-7-9-16(19(21)22)17(10-13)23-12-14-4-2-1-3-5-14/h1-10H,11-12H2/b8-6+. The summed E-state index contributed by atoms with van der Waals surface area (Å²) in [6, 6.07) is 13.9. The molecule has 0 N–H and O–H groups in total. The molecule has 0 aliphatic heterocycles. The van der Waals surface area contributed by atoms with Gasteiger partial charge < -0.3 is 4.74 Å². The molecule has 0 unspecified atom stereocenters. The van der Waals surface area contributed by atoms with Crippen LogP contribution in [-0.2, 0) is 11.4 Å². The van der Waals surface area contributed by atoms with Gasteiger partial charge in [-0.25, -0.2) is 0 Å². The van der Waals surface area contributed by atoms with E-state index in [0.29, 0.717) is 5.56 Å². The summed E-state index contributed by atoms with van der Waals surface area (Å²) < 4.78 is 5.59. The second-order valence-corrected chi connectivity index (χ2v) is 5.25. The molecule has 0 saturated carbocycles. The highest BCUT2D eigenvalue weighted by molar-refractivity contribution is 9.09. The molecule has 0 radical (unpaired) electrons. The fourth-order valence-electron chi connectivity index (χ4n) is 1.87. The molecule has 2 aromatic carbocycles. The van der Waals surface area contributed by atoms with Gasteiger partial charge in [0.2, 0.25) is 0 Å². The highest BCUT2D eigenvalue weighted by atomic mass is 79.9. The van der Waals surface area contributed by atoms with Crippen molar-refractivity contribution in [2.75, 3.05) is 5.33 Å². The van der Waals surface area contributed by atoms with Gasteiger partial charge in [0, 0.05) is 6.07 Å². The molecular weight excluding hydrogens is 362 g/mol. The lowest BCUT2D eigenvalue weighted by atomic mass is 10.1. The molecule has 0 amide bonds. The lowest BCUT2D eigenvalue weighted by Crippen LogP contribution is -1.99. The average molecular weight is 376 g/mol. The number of halogens is 1. The summed E-state index contributed by atoms with van der Waals surface area (Å²) in [4.78, 5) is 21.9. The van der Waals surface area contributed by atoms with Gasteiger partial charge in [-0.2, -0.15) is 0 Å². The number of carbonyl (C=O) groups is 1. The first-order valence-electron chi connectivity index (χ1n) is 6.82. The highest BCUT2D eigenvalue weighted by Crippen LogP contribution is 2.29. The maximum atomic E-state index is 11.3. The fraction of sp³-hybridized carbons (Fsp3) is 0.118. The number of alkyl halides is 1. The van der Waals surface area contributed by atoms with Gasteiger partial charge in [0.15, 0.2) is 11.5 Å². The summed E-state index contributed by atoms with van der Waals surface area (Å²) in [5.74, 6) is 0.0856. The van der Waals surface area contributed by atoms with Crippen LogP contribution in [0.5, 0.6) is 5.75 Å². The van der Waals surface area contributed by atoms with Crippen molar-refractivity contribution in [3.63, 3.8) is 0 Å². The van der Waals surface area contributed by atoms with Crippen molar-refractivity contribution < 1.29 is 14.5 Å². The Hall–Kier alpha value is -2.47. The molecule has 118 valence electrons. The molecule has 0 bridgehead atoms. The Morgan fingerprint density at radius 3 is 2.61 bits per heavy atom. The number of benzene rings is 2. The van der Waals surface area contributed by atoms with Gasteiger partial charge in [-0.05, 0) is 29.3 Å². The van der Waals surface area contributed by atoms with E-state index in [0.717, 1.165) is 5.56 Å². The van der Waals surface area contributed by atoms with Crippen molar-refractivity contribution in [3.05, 3.63) is 75.8 Å². The van der Waals surface area contributed by atoms with Crippen LogP contribution in [0, 0.1) is 10.1 Å². The molecule has 0 aromatic heterocycles. The van der Waals surface area contributed by atoms with E-state index in [2.05, 4.69) is 15.9 Å². The molecule has 2 rings (SSSR count). The van der Waals surface area contributed by atoms with E-state index in [-0.39, 0.29) is 29.2 Å². The third-order valence-corrected chi connectivity index (χ3v) is 3.56. The Kier molecular flexibility index (Phi) is 6.05. The third-order valence-electron chi connectivity index (χ3n) is 3.01. The highest BCUT2D eigenvalue weighted by Gasteiger charge is 2.15. The van der Waals surface area contributed by atoms with Gasteiger partial charge in [0.1, 0.15) is 6.61 Å². The summed E-state index contributed by atoms with van der Waals surface area (Å²) in [5, 5.41) is 11.3. The minimum absolute atomic E-state index is 0.0879. The van der Waals surface area contributed by atoms with Crippen LogP contribution >= 0.6 is 15.9 Å². The largest absolute Gasteiger partial charge is 0.482 e. The zero-order valence-electron chi connectivity index (χ0n) is 12.1. The Bertz CT molecular complexity index is 729. The molecule has 0 spiro atoms. The molecule has 0 saturated heterocycles. The van der Waals surface area contributed by atoms with Crippen LogP contribution in [0.3, 0.4) is 0 Å². The minimum atomic E-state index is -0.489. The smallest absolute Gasteiger partial charge is 0.310 e. The number of nitro groups is 1. The molecule has 23 heavy (non-hydrogen) atoms. The number of carbonyl (C=O) groups excluding carboxylic acids is 1. The van der Waals surface area contributed by atoms with Crippen LogP contribution < -0.4 is 4.74 Å². The molecule has 0 aliphatic carbocycles. The van der Waals surface area contributed by atoms with Crippen LogP contribution in [-0.4, -0.2) is 16.0 Å². The summed E-state index contributed by atoms with van der Waals surface area (Å²) in [6.45, 7) is 0.231. The van der Waals surface area contributed by atoms with E-state index in [1.54, 1.807) is 18.2 Å². The normalized spacial score (nSPS) is 10.7. The first-order valence-corrected chi connectivity index (χ1v) is 7.94. The quantitative estimate of drug-likeness (QED) is 0.315. The first-order chi connectivity index (χ1) is 11.1. The molecule has 0 fully saturated rings. The number of nitro benzene ring substituents is 1. The maximum Gasteiger partial charge on any atom is 0.310 e. The van der Waals surface area contributed by atoms with Crippen molar-refractivity contribution in [2.45, 2.75) is 6.61 Å². The monoisotopic (exact) mass is 375 g/mol. The van der Waals surface area contributed by atoms with Crippen LogP contribution in [0.4, 0.5) is 5.69 Å². The minimum Gasteiger partial charge on any atom is -0.482 e. The van der Waals surface area contributed by atoms with E-state index in [1.165, 1.54) is 12.1 Å². The van der Waals surface area contributed by atoms with E-state index >= 15 is 0 Å². The predicted octanol–water partition coefficient (Wildman–Crippen LogP) is 4.15. The zero-order chi connectivity index (χ0) is 16.7. The van der Waals surface area contributed by atoms with Crippen LogP contribution in [0.2, 0.25) is 0 Å². The number of allylic oxidation sites excluding steroid dienone is 1. The van der Waals surface area contributed by atoms with Crippen molar-refractivity contribution in [2.24, 2.45) is 0 Å². The van der Waals surface area contributed by atoms with Crippen LogP contribution in [0.1, 0.15) is 11.1 Å². The second-order valence-electron chi connectivity index (χ2n) is 4.69. The molecule has 5 nitrogen and oxygen atoms in total. The third kappa shape index (κ3) is 5.03. The maximum absolute atomic E-state index is 11.3. The predicted molar refractivity (Wildman–Crippen MR) is 91.7 cm³/mol. The van der Waals surface area contributed by atoms with Gasteiger partial charge in [0.05, 0.1) is 10.3 Å². The van der Waals surface area contributed by atoms with Crippen molar-refractivity contribution in [1.82, 2.24) is 0 Å². The summed E-state index contributed by atoms with van der Waals surface area (Å²) >= 11 is 3.07. The molecule has 0 heterocycles. The summed E-state index contributed by atoms with van der Waals surface area (Å²) in [6.07, 6.45) is 3.01. The Morgan fingerprint density at radius 2 is 1.96 bits per heavy atom. The molecular formula is C17H14BrNO4. The van der Waals surface area contributed by atoms with E-state index in [1.807, 2.05) is 30.3 Å². The number of ether oxygens (including phenoxy) is 1. The second kappa shape index (κ2) is 8.24. The van der Waals surface area contributed by atoms with E-state index in [4.69, 9.17) is 4.74 Å². The van der Waals surface area contributed by atoms with Crippen molar-refractivity contribution in [1.29, 1.82) is 0 Å². The lowest BCUT2D eigenvalue weighted by Gasteiger charge is -2.07. The molecule has 6 heteroatoms. The van der Waals surface area contributed by atoms with Crippen molar-refractivity contribution in [3.8, 4) is 5.75 Å². The number of ketones is 1. The Morgan fingerprint density at radius 1 is 1.22 bits per heavy atom. The SMILES string of the molecule is O=C(/C=C/c1ccc([N+](=O)[O-])c(OCc2ccccc2)c1)CBr. The van der Waals surface area contributed by atoms with E-state index in [9.17, 15) is 14.9 Å². The summed E-state index contributed by atoms with van der Waals surface area (Å²) in [5.41, 5.74) is 1.47. The molecule has 2 aromatic rings. The Labute approximate surface area is 141 Å². The first kappa shape index (κ1) is 16.9. The van der Waals surface area contributed by atoms with Crippen molar-refractivity contribution >= 4 is 33.5 Å². The summed E-state index contributed by atoms with van der Waals surface area (Å²) in [7, 11) is 0. The number of nitrogens with zero attached hydrogens (tertiary/aromatic N) is 1. The number of hydrogen-bond acceptors (Lipinski definition) is 4. The zero-order valence-corrected chi connectivity index (χ0v) is 13.7. The lowest BCUT2D eigenvalue weighted by molar-refractivity contribution is -0.385. The van der Waals surface area contributed by atoms with Gasteiger partial charge >= 0.3 is 5.69 Å². The van der Waals surface area contributed by atoms with Gasteiger partial charge in [0.25, 0.3) is 0 Å². The van der Waals surface area contributed by atoms with E-state index < -0.39 is 4.92 Å². The fourth-order valence-corrected chi connectivity index (χ4v) is 2.06. The molecule has 0 aliphatic rings. The Balaban J connectivity index is 2.22. The number of hydrogen-bond donors (Lipinski definition) is 0. The topological polar surface area (TPSA) is 69.4 Å². The van der Waals surface area contributed by atoms with Gasteiger partial charge in [-0.1, -0.05) is 52.3 Å². The number of rotatable bonds is 7. The van der Waals surface area contributed by atoms with Crippen LogP contribution in [0.15, 0.2) is 54.6 Å². The molecule has 0 atom stereocenters. The average Bonchev–Trinajstić information content (AvgIpc) is 2.58. The van der Waals surface area contributed by atoms with Gasteiger partial charge in [-0.15, -0.1) is 0 Å².